The fraction of sp³-hybridized carbons (Fsp3) is 0.371. The summed E-state index contributed by atoms with van der Waals surface area (Å²) in [5.41, 5.74) is 5.67. The molecule has 1 atom stereocenters. The first kappa shape index (κ1) is 31.6. The van der Waals surface area contributed by atoms with Crippen LogP contribution in [0.3, 0.4) is 0 Å². The molecular formula is C35H39N3O7. The number of H-pyrrole nitrogens is 1. The number of fused-ring (bicyclic) bond motifs is 3. The molecule has 10 heteroatoms. The molecule has 0 radical (unpaired) electrons. The predicted molar refractivity (Wildman–Crippen MR) is 173 cm³/mol. The smallest absolute Gasteiger partial charge is 0.339 e. The van der Waals surface area contributed by atoms with Crippen molar-refractivity contribution >= 4 is 50.6 Å². The van der Waals surface area contributed by atoms with Crippen LogP contribution in [0.5, 0.6) is 0 Å². The molecule has 2 amide bonds. The number of aliphatic carboxylic acids is 1. The summed E-state index contributed by atoms with van der Waals surface area (Å²) in [5, 5.41) is 17.9. The number of aryl methyl sites for hydroxylation is 4. The van der Waals surface area contributed by atoms with Crippen molar-refractivity contribution < 1.29 is 28.3 Å². The van der Waals surface area contributed by atoms with Gasteiger partial charge in [0.15, 0.2) is 0 Å². The van der Waals surface area contributed by atoms with Crippen molar-refractivity contribution in [2.24, 2.45) is 0 Å². The van der Waals surface area contributed by atoms with E-state index in [0.717, 1.165) is 55.3 Å². The third-order valence-electron chi connectivity index (χ3n) is 8.68. The molecule has 0 spiro atoms. The summed E-state index contributed by atoms with van der Waals surface area (Å²) in [5.74, 6) is -0.734. The van der Waals surface area contributed by atoms with Gasteiger partial charge in [0.1, 0.15) is 23.0 Å². The number of aromatic amines is 1. The fourth-order valence-corrected chi connectivity index (χ4v) is 5.91. The van der Waals surface area contributed by atoms with Gasteiger partial charge in [0.25, 0.3) is 0 Å². The first-order valence-corrected chi connectivity index (χ1v) is 15.3. The van der Waals surface area contributed by atoms with Crippen molar-refractivity contribution in [3.63, 3.8) is 0 Å². The summed E-state index contributed by atoms with van der Waals surface area (Å²) in [7, 11) is 0. The molecule has 4 N–H and O–H groups in total. The number of furan rings is 1. The van der Waals surface area contributed by atoms with E-state index in [1.807, 2.05) is 58.0 Å². The minimum absolute atomic E-state index is 0.150. The van der Waals surface area contributed by atoms with E-state index in [9.17, 15) is 24.3 Å². The first-order chi connectivity index (χ1) is 21.5. The summed E-state index contributed by atoms with van der Waals surface area (Å²) in [6, 6.07) is 8.61. The summed E-state index contributed by atoms with van der Waals surface area (Å²) >= 11 is 0. The van der Waals surface area contributed by atoms with Gasteiger partial charge in [-0.05, 0) is 75.8 Å². The number of amides is 2. The quantitative estimate of drug-likeness (QED) is 0.0984. The maximum atomic E-state index is 12.9. The third kappa shape index (κ3) is 6.79. The van der Waals surface area contributed by atoms with Crippen LogP contribution in [0.4, 0.5) is 0 Å². The first-order valence-electron chi connectivity index (χ1n) is 15.3. The van der Waals surface area contributed by atoms with Crippen molar-refractivity contribution in [3.8, 4) is 0 Å². The number of unbranched alkanes of at least 4 members (excludes halogenated alkanes) is 2. The zero-order valence-electron chi connectivity index (χ0n) is 26.1. The largest absolute Gasteiger partial charge is 0.480 e. The zero-order chi connectivity index (χ0) is 32.2. The van der Waals surface area contributed by atoms with Crippen molar-refractivity contribution in [1.82, 2.24) is 15.6 Å². The van der Waals surface area contributed by atoms with Crippen LogP contribution in [0.1, 0.15) is 65.7 Å². The van der Waals surface area contributed by atoms with Gasteiger partial charge in [-0.15, -0.1) is 0 Å². The molecule has 5 rings (SSSR count). The lowest BCUT2D eigenvalue weighted by Gasteiger charge is -2.14. The molecule has 0 aliphatic carbocycles. The van der Waals surface area contributed by atoms with Gasteiger partial charge >= 0.3 is 11.6 Å². The highest BCUT2D eigenvalue weighted by molar-refractivity contribution is 6.00. The maximum absolute atomic E-state index is 12.9. The average Bonchev–Trinajstić information content (AvgIpc) is 3.55. The van der Waals surface area contributed by atoms with Gasteiger partial charge in [-0.3, -0.25) is 9.59 Å². The molecule has 10 nitrogen and oxygen atoms in total. The number of hydrogen-bond acceptors (Lipinski definition) is 6. The molecule has 3 aromatic heterocycles. The van der Waals surface area contributed by atoms with Crippen LogP contribution in [0.15, 0.2) is 50.2 Å². The summed E-state index contributed by atoms with van der Waals surface area (Å²) < 4.78 is 11.6. The minimum atomic E-state index is -1.08. The van der Waals surface area contributed by atoms with Crippen LogP contribution in [0.2, 0.25) is 0 Å². The Kier molecular flexibility index (Phi) is 9.41. The van der Waals surface area contributed by atoms with E-state index in [1.165, 1.54) is 0 Å². The number of carbonyl (C=O) groups excluding carboxylic acids is 2. The van der Waals surface area contributed by atoms with Crippen LogP contribution < -0.4 is 16.3 Å². The van der Waals surface area contributed by atoms with Gasteiger partial charge in [0, 0.05) is 64.8 Å². The SMILES string of the molecule is Cc1oc2c(C)c3oc(=O)c(CCC(=O)NCCCCCC(=O)NC(Cc4c[nH]c5ccccc45)C(=O)O)c(C)c3cc2c1C. The van der Waals surface area contributed by atoms with Gasteiger partial charge in [0.05, 0.1) is 0 Å². The highest BCUT2D eigenvalue weighted by atomic mass is 16.4. The number of benzene rings is 2. The van der Waals surface area contributed by atoms with Crippen LogP contribution in [0, 0.1) is 27.7 Å². The summed E-state index contributed by atoms with van der Waals surface area (Å²) in [6.07, 6.45) is 4.52. The van der Waals surface area contributed by atoms with Gasteiger partial charge < -0.3 is 29.6 Å². The van der Waals surface area contributed by atoms with E-state index >= 15 is 0 Å². The second-order valence-corrected chi connectivity index (χ2v) is 11.7. The lowest BCUT2D eigenvalue weighted by molar-refractivity contribution is -0.141. The molecule has 0 aliphatic heterocycles. The number of carboxylic acid groups (broad SMARTS) is 1. The summed E-state index contributed by atoms with van der Waals surface area (Å²) in [4.78, 5) is 52.8. The Hall–Kier alpha value is -4.86. The molecule has 0 saturated heterocycles. The van der Waals surface area contributed by atoms with E-state index in [0.29, 0.717) is 37.0 Å². The molecule has 5 aromatic rings. The van der Waals surface area contributed by atoms with E-state index in [4.69, 9.17) is 8.83 Å². The Labute approximate surface area is 260 Å². The molecule has 2 aromatic carbocycles. The molecule has 3 heterocycles. The lowest BCUT2D eigenvalue weighted by Crippen LogP contribution is -2.42. The van der Waals surface area contributed by atoms with Crippen LogP contribution in [0.25, 0.3) is 32.8 Å². The highest BCUT2D eigenvalue weighted by Gasteiger charge is 2.22. The fourth-order valence-electron chi connectivity index (χ4n) is 5.91. The molecule has 236 valence electrons. The number of nitrogens with one attached hydrogen (secondary N) is 3. The van der Waals surface area contributed by atoms with Crippen LogP contribution >= 0.6 is 0 Å². The van der Waals surface area contributed by atoms with Crippen molar-refractivity contribution in [2.75, 3.05) is 6.54 Å². The maximum Gasteiger partial charge on any atom is 0.339 e. The predicted octanol–water partition coefficient (Wildman–Crippen LogP) is 5.68. The Morgan fingerprint density at radius 1 is 0.867 bits per heavy atom. The number of aromatic nitrogens is 1. The Morgan fingerprint density at radius 3 is 2.38 bits per heavy atom. The third-order valence-corrected chi connectivity index (χ3v) is 8.68. The second-order valence-electron chi connectivity index (χ2n) is 11.7. The summed E-state index contributed by atoms with van der Waals surface area (Å²) in [6.45, 7) is 8.13. The topological polar surface area (TPSA) is 155 Å². The number of hydrogen-bond donors (Lipinski definition) is 4. The van der Waals surface area contributed by atoms with Gasteiger partial charge in [-0.2, -0.15) is 0 Å². The normalized spacial score (nSPS) is 12.2. The zero-order valence-corrected chi connectivity index (χ0v) is 26.1. The number of carboxylic acids is 1. The number of rotatable bonds is 13. The molecule has 1 unspecified atom stereocenters. The standard InChI is InChI=1S/C35H39N3O7/c1-19-22(4)44-32-21(3)33-27(17-26(19)32)20(2)24(35(43)45-33)13-14-30(39)36-15-9-5-6-12-31(40)38-29(34(41)42)16-23-18-37-28-11-8-7-10-25(23)28/h7-8,10-11,17-18,29,37H,5-6,9,12-16H2,1-4H3,(H,36,39)(H,38,40)(H,41,42). The van der Waals surface area contributed by atoms with E-state index < -0.39 is 17.6 Å². The molecule has 0 bridgehead atoms. The minimum Gasteiger partial charge on any atom is -0.480 e. The van der Waals surface area contributed by atoms with Crippen molar-refractivity contribution in [2.45, 2.75) is 78.7 Å². The number of carbonyl (C=O) groups is 3. The molecule has 0 saturated carbocycles. The molecule has 0 aliphatic rings. The average molecular weight is 614 g/mol. The second kappa shape index (κ2) is 13.4. The Morgan fingerprint density at radius 2 is 1.60 bits per heavy atom. The Bertz CT molecular complexity index is 1960. The van der Waals surface area contributed by atoms with E-state index in [-0.39, 0.29) is 37.5 Å². The monoisotopic (exact) mass is 613 g/mol. The van der Waals surface area contributed by atoms with Crippen LogP contribution in [-0.4, -0.2) is 40.5 Å². The Balaban J connectivity index is 1.06. The molecular weight excluding hydrogens is 574 g/mol. The van der Waals surface area contributed by atoms with Crippen molar-refractivity contribution in [3.05, 3.63) is 80.5 Å². The van der Waals surface area contributed by atoms with Crippen LogP contribution in [-0.2, 0) is 27.2 Å². The molecule has 45 heavy (non-hydrogen) atoms. The van der Waals surface area contributed by atoms with Gasteiger partial charge in [-0.25, -0.2) is 9.59 Å². The van der Waals surface area contributed by atoms with Gasteiger partial charge in [0.2, 0.25) is 11.8 Å². The highest BCUT2D eigenvalue weighted by Crippen LogP contribution is 2.34. The van der Waals surface area contributed by atoms with Gasteiger partial charge in [-0.1, -0.05) is 24.6 Å². The van der Waals surface area contributed by atoms with E-state index in [2.05, 4.69) is 15.6 Å². The molecule has 0 fully saturated rings. The number of para-hydroxylation sites is 1. The lowest BCUT2D eigenvalue weighted by atomic mass is 9.98. The van der Waals surface area contributed by atoms with Crippen molar-refractivity contribution in [1.29, 1.82) is 0 Å². The van der Waals surface area contributed by atoms with E-state index in [1.54, 1.807) is 6.20 Å².